The number of aromatic amines is 1. The summed E-state index contributed by atoms with van der Waals surface area (Å²) in [5.41, 5.74) is 1.01. The van der Waals surface area contributed by atoms with Crippen LogP contribution < -0.4 is 0 Å². The van der Waals surface area contributed by atoms with Crippen molar-refractivity contribution in [2.75, 3.05) is 18.8 Å². The molecule has 0 saturated carbocycles. The van der Waals surface area contributed by atoms with Gasteiger partial charge in [-0.3, -0.25) is 9.89 Å². The Morgan fingerprint density at radius 1 is 1.55 bits per heavy atom. The van der Waals surface area contributed by atoms with Crippen molar-refractivity contribution in [3.63, 3.8) is 0 Å². The average Bonchev–Trinajstić information content (AvgIpc) is 2.92. The van der Waals surface area contributed by atoms with E-state index < -0.39 is 15.1 Å². The molecular formula is C13H21N3O3S. The lowest BCUT2D eigenvalue weighted by molar-refractivity contribution is -0.129. The molecule has 1 saturated heterocycles. The molecule has 2 heterocycles. The number of sulfone groups is 1. The Morgan fingerprint density at radius 2 is 2.30 bits per heavy atom. The van der Waals surface area contributed by atoms with Crippen LogP contribution in [0.1, 0.15) is 38.3 Å². The van der Waals surface area contributed by atoms with E-state index in [2.05, 4.69) is 10.2 Å². The molecule has 0 radical (unpaired) electrons. The molecule has 1 aromatic rings. The number of hydrogen-bond acceptors (Lipinski definition) is 4. The third kappa shape index (κ3) is 3.39. The van der Waals surface area contributed by atoms with Gasteiger partial charge in [0.15, 0.2) is 9.84 Å². The van der Waals surface area contributed by atoms with Crippen molar-refractivity contribution in [2.45, 2.75) is 37.9 Å². The molecule has 0 bridgehead atoms. The summed E-state index contributed by atoms with van der Waals surface area (Å²) in [6.45, 7) is 4.41. The van der Waals surface area contributed by atoms with Gasteiger partial charge in [-0.2, -0.15) is 5.10 Å². The van der Waals surface area contributed by atoms with Crippen LogP contribution in [0, 0.1) is 0 Å². The SMILES string of the molecule is CC(C)S(=O)(=O)CC(=O)N1CCC[C@H](c2ccn[nH]2)C1. The van der Waals surface area contributed by atoms with Crippen LogP contribution in [0.2, 0.25) is 0 Å². The van der Waals surface area contributed by atoms with Crippen molar-refractivity contribution in [3.8, 4) is 0 Å². The monoisotopic (exact) mass is 299 g/mol. The molecule has 1 aliphatic heterocycles. The normalized spacial score (nSPS) is 20.4. The molecule has 112 valence electrons. The van der Waals surface area contributed by atoms with E-state index in [1.54, 1.807) is 24.9 Å². The van der Waals surface area contributed by atoms with Gasteiger partial charge in [-0.1, -0.05) is 0 Å². The molecule has 2 rings (SSSR count). The number of piperidine rings is 1. The lowest BCUT2D eigenvalue weighted by Crippen LogP contribution is -2.43. The van der Waals surface area contributed by atoms with Gasteiger partial charge in [0.05, 0.1) is 5.25 Å². The van der Waals surface area contributed by atoms with E-state index in [0.717, 1.165) is 18.5 Å². The van der Waals surface area contributed by atoms with E-state index in [1.807, 2.05) is 6.07 Å². The van der Waals surface area contributed by atoms with Gasteiger partial charge in [-0.05, 0) is 32.8 Å². The van der Waals surface area contributed by atoms with Crippen molar-refractivity contribution in [3.05, 3.63) is 18.0 Å². The van der Waals surface area contributed by atoms with Crippen molar-refractivity contribution in [2.24, 2.45) is 0 Å². The zero-order valence-corrected chi connectivity index (χ0v) is 12.7. The Labute approximate surface area is 119 Å². The highest BCUT2D eigenvalue weighted by Gasteiger charge is 2.29. The summed E-state index contributed by atoms with van der Waals surface area (Å²) in [4.78, 5) is 13.8. The average molecular weight is 299 g/mol. The second kappa shape index (κ2) is 5.95. The van der Waals surface area contributed by atoms with E-state index in [9.17, 15) is 13.2 Å². The fourth-order valence-electron chi connectivity index (χ4n) is 2.38. The number of nitrogens with zero attached hydrogens (tertiary/aromatic N) is 2. The number of carbonyl (C=O) groups excluding carboxylic acids is 1. The van der Waals surface area contributed by atoms with Crippen LogP contribution in [0.25, 0.3) is 0 Å². The summed E-state index contributed by atoms with van der Waals surface area (Å²) in [5, 5.41) is 6.34. The first-order valence-electron chi connectivity index (χ1n) is 6.89. The summed E-state index contributed by atoms with van der Waals surface area (Å²) in [6, 6.07) is 1.91. The summed E-state index contributed by atoms with van der Waals surface area (Å²) in [7, 11) is -3.33. The molecule has 0 aromatic carbocycles. The minimum atomic E-state index is -3.33. The summed E-state index contributed by atoms with van der Waals surface area (Å²) >= 11 is 0. The molecule has 1 atom stereocenters. The highest BCUT2D eigenvalue weighted by atomic mass is 32.2. The van der Waals surface area contributed by atoms with Gasteiger partial charge in [0.2, 0.25) is 5.91 Å². The third-order valence-electron chi connectivity index (χ3n) is 3.78. The standard InChI is InChI=1S/C13H21N3O3S/c1-10(2)20(18,19)9-13(17)16-7-3-4-11(8-16)12-5-6-14-15-12/h5-6,10-11H,3-4,7-9H2,1-2H3,(H,14,15)/t11-/m0/s1. The maximum Gasteiger partial charge on any atom is 0.237 e. The van der Waals surface area contributed by atoms with Crippen LogP contribution >= 0.6 is 0 Å². The fraction of sp³-hybridized carbons (Fsp3) is 0.692. The number of aromatic nitrogens is 2. The molecule has 0 aliphatic carbocycles. The fourth-order valence-corrected chi connectivity index (χ4v) is 3.24. The number of rotatable bonds is 4. The molecule has 1 aromatic heterocycles. The van der Waals surface area contributed by atoms with Crippen LogP contribution in [0.3, 0.4) is 0 Å². The minimum absolute atomic E-state index is 0.219. The Kier molecular flexibility index (Phi) is 4.47. The highest BCUT2D eigenvalue weighted by Crippen LogP contribution is 2.25. The molecule has 1 fully saturated rings. The molecule has 1 amide bonds. The van der Waals surface area contributed by atoms with Gasteiger partial charge in [0, 0.05) is 30.9 Å². The predicted octanol–water partition coefficient (Wildman–Crippen LogP) is 0.939. The van der Waals surface area contributed by atoms with Gasteiger partial charge < -0.3 is 4.90 Å². The number of nitrogens with one attached hydrogen (secondary N) is 1. The summed E-state index contributed by atoms with van der Waals surface area (Å²) in [6.07, 6.45) is 3.57. The van der Waals surface area contributed by atoms with Crippen LogP contribution in [0.4, 0.5) is 0 Å². The lowest BCUT2D eigenvalue weighted by atomic mass is 9.95. The number of amides is 1. The van der Waals surface area contributed by atoms with E-state index >= 15 is 0 Å². The summed E-state index contributed by atoms with van der Waals surface area (Å²) in [5.74, 6) is -0.458. The molecule has 0 unspecified atom stereocenters. The van der Waals surface area contributed by atoms with Crippen LogP contribution in [-0.2, 0) is 14.6 Å². The second-order valence-electron chi connectivity index (χ2n) is 5.55. The first-order valence-corrected chi connectivity index (χ1v) is 8.60. The van der Waals surface area contributed by atoms with Crippen LogP contribution in [0.5, 0.6) is 0 Å². The van der Waals surface area contributed by atoms with E-state index in [4.69, 9.17) is 0 Å². The lowest BCUT2D eigenvalue weighted by Gasteiger charge is -2.32. The quantitative estimate of drug-likeness (QED) is 0.897. The maximum absolute atomic E-state index is 12.2. The summed E-state index contributed by atoms with van der Waals surface area (Å²) < 4.78 is 23.7. The Hall–Kier alpha value is -1.37. The largest absolute Gasteiger partial charge is 0.341 e. The van der Waals surface area contributed by atoms with Gasteiger partial charge in [-0.25, -0.2) is 8.42 Å². The van der Waals surface area contributed by atoms with E-state index in [-0.39, 0.29) is 17.6 Å². The van der Waals surface area contributed by atoms with Gasteiger partial charge in [-0.15, -0.1) is 0 Å². The van der Waals surface area contributed by atoms with Crippen LogP contribution in [-0.4, -0.2) is 53.5 Å². The third-order valence-corrected chi connectivity index (χ3v) is 5.86. The zero-order valence-electron chi connectivity index (χ0n) is 11.9. The van der Waals surface area contributed by atoms with E-state index in [0.29, 0.717) is 13.1 Å². The first-order chi connectivity index (χ1) is 9.40. The molecular weight excluding hydrogens is 278 g/mol. The second-order valence-corrected chi connectivity index (χ2v) is 8.10. The molecule has 1 N–H and O–H groups in total. The van der Waals surface area contributed by atoms with Crippen molar-refractivity contribution in [1.29, 1.82) is 0 Å². The Bertz CT molecular complexity index is 551. The Balaban J connectivity index is 2.00. The molecule has 6 nitrogen and oxygen atoms in total. The molecule has 1 aliphatic rings. The van der Waals surface area contributed by atoms with Crippen molar-refractivity contribution < 1.29 is 13.2 Å². The molecule has 7 heteroatoms. The molecule has 20 heavy (non-hydrogen) atoms. The maximum atomic E-state index is 12.2. The minimum Gasteiger partial charge on any atom is -0.341 e. The van der Waals surface area contributed by atoms with Crippen molar-refractivity contribution in [1.82, 2.24) is 15.1 Å². The number of hydrogen-bond donors (Lipinski definition) is 1. The Morgan fingerprint density at radius 3 is 2.90 bits per heavy atom. The number of likely N-dealkylation sites (tertiary alicyclic amines) is 1. The van der Waals surface area contributed by atoms with E-state index in [1.165, 1.54) is 0 Å². The smallest absolute Gasteiger partial charge is 0.237 e. The molecule has 0 spiro atoms. The van der Waals surface area contributed by atoms with Gasteiger partial charge in [0.1, 0.15) is 5.75 Å². The highest BCUT2D eigenvalue weighted by molar-refractivity contribution is 7.92. The first kappa shape index (κ1) is 15.0. The van der Waals surface area contributed by atoms with Gasteiger partial charge >= 0.3 is 0 Å². The predicted molar refractivity (Wildman–Crippen MR) is 76.1 cm³/mol. The number of carbonyl (C=O) groups is 1. The zero-order chi connectivity index (χ0) is 14.8. The topological polar surface area (TPSA) is 83.1 Å². The van der Waals surface area contributed by atoms with Gasteiger partial charge in [0.25, 0.3) is 0 Å². The number of H-pyrrole nitrogens is 1. The van der Waals surface area contributed by atoms with Crippen LogP contribution in [0.15, 0.2) is 12.3 Å². The van der Waals surface area contributed by atoms with Crippen molar-refractivity contribution >= 4 is 15.7 Å².